The molecule has 0 aromatic heterocycles. The van der Waals surface area contributed by atoms with E-state index in [2.05, 4.69) is 19.2 Å². The highest BCUT2D eigenvalue weighted by Crippen LogP contribution is 2.32. The lowest BCUT2D eigenvalue weighted by atomic mass is 9.94. The number of benzene rings is 1. The van der Waals surface area contributed by atoms with E-state index in [-0.39, 0.29) is 12.2 Å². The second-order valence-electron chi connectivity index (χ2n) is 5.06. The zero-order valence-electron chi connectivity index (χ0n) is 11.5. The van der Waals surface area contributed by atoms with Gasteiger partial charge in [0, 0.05) is 28.7 Å². The lowest BCUT2D eigenvalue weighted by molar-refractivity contribution is -0.0687. The van der Waals surface area contributed by atoms with E-state index in [1.54, 1.807) is 0 Å². The Morgan fingerprint density at radius 1 is 1.26 bits per heavy atom. The molecule has 1 heterocycles. The zero-order valence-corrected chi connectivity index (χ0v) is 13.0. The number of hydrogen-bond acceptors (Lipinski definition) is 2. The minimum absolute atomic E-state index is 0.00875. The Hall–Kier alpha value is -0.280. The van der Waals surface area contributed by atoms with Gasteiger partial charge in [0.25, 0.3) is 0 Å². The number of halogens is 2. The predicted octanol–water partition coefficient (Wildman–Crippen LogP) is 4.46. The van der Waals surface area contributed by atoms with Crippen molar-refractivity contribution in [1.29, 1.82) is 0 Å². The Bertz CT molecular complexity index is 421. The Morgan fingerprint density at radius 3 is 2.68 bits per heavy atom. The van der Waals surface area contributed by atoms with Gasteiger partial charge in [-0.15, -0.1) is 0 Å². The fourth-order valence-corrected chi connectivity index (χ4v) is 3.12. The molecule has 106 valence electrons. The van der Waals surface area contributed by atoms with Gasteiger partial charge in [-0.3, -0.25) is 0 Å². The van der Waals surface area contributed by atoms with Gasteiger partial charge in [-0.25, -0.2) is 0 Å². The maximum absolute atomic E-state index is 6.26. The fourth-order valence-electron chi connectivity index (χ4n) is 2.70. The molecule has 1 aliphatic rings. The van der Waals surface area contributed by atoms with Crippen LogP contribution in [0.3, 0.4) is 0 Å². The van der Waals surface area contributed by atoms with E-state index in [1.165, 1.54) is 0 Å². The van der Waals surface area contributed by atoms with Crippen molar-refractivity contribution in [3.8, 4) is 0 Å². The first-order valence-corrected chi connectivity index (χ1v) is 7.72. The monoisotopic (exact) mass is 301 g/mol. The Balaban J connectivity index is 2.14. The Morgan fingerprint density at radius 2 is 2.00 bits per heavy atom. The Kier molecular flexibility index (Phi) is 5.52. The summed E-state index contributed by atoms with van der Waals surface area (Å²) in [4.78, 5) is 0. The minimum Gasteiger partial charge on any atom is -0.367 e. The molecule has 1 N–H and O–H groups in total. The highest BCUT2D eigenvalue weighted by molar-refractivity contribution is 6.33. The van der Waals surface area contributed by atoms with Gasteiger partial charge in [-0.1, -0.05) is 49.9 Å². The summed E-state index contributed by atoms with van der Waals surface area (Å²) >= 11 is 12.3. The van der Waals surface area contributed by atoms with Gasteiger partial charge < -0.3 is 10.1 Å². The van der Waals surface area contributed by atoms with Crippen molar-refractivity contribution in [2.24, 2.45) is 5.92 Å². The normalized spacial score (nSPS) is 23.8. The summed E-state index contributed by atoms with van der Waals surface area (Å²) in [6.45, 7) is 6.14. The average molecular weight is 302 g/mol. The van der Waals surface area contributed by atoms with E-state index in [1.807, 2.05) is 18.2 Å². The van der Waals surface area contributed by atoms with E-state index >= 15 is 0 Å². The molecule has 4 heteroatoms. The van der Waals surface area contributed by atoms with Crippen LogP contribution in [0, 0.1) is 5.92 Å². The fraction of sp³-hybridized carbons (Fsp3) is 0.600. The van der Waals surface area contributed by atoms with E-state index in [4.69, 9.17) is 27.9 Å². The summed E-state index contributed by atoms with van der Waals surface area (Å²) in [5.41, 5.74) is 0.984. The van der Waals surface area contributed by atoms with E-state index in [0.717, 1.165) is 36.5 Å². The van der Waals surface area contributed by atoms with E-state index in [9.17, 15) is 0 Å². The maximum atomic E-state index is 6.26. The highest BCUT2D eigenvalue weighted by Gasteiger charge is 2.29. The third kappa shape index (κ3) is 3.63. The van der Waals surface area contributed by atoms with Crippen molar-refractivity contribution in [1.82, 2.24) is 5.32 Å². The third-order valence-electron chi connectivity index (χ3n) is 3.89. The second-order valence-corrected chi connectivity index (χ2v) is 5.91. The molecule has 1 aromatic rings. The van der Waals surface area contributed by atoms with Crippen LogP contribution in [0.2, 0.25) is 10.0 Å². The summed E-state index contributed by atoms with van der Waals surface area (Å²) < 4.78 is 6.25. The van der Waals surface area contributed by atoms with Crippen molar-refractivity contribution in [2.45, 2.75) is 38.9 Å². The van der Waals surface area contributed by atoms with Crippen molar-refractivity contribution in [2.75, 3.05) is 13.1 Å². The predicted molar refractivity (Wildman–Crippen MR) is 81.0 cm³/mol. The quantitative estimate of drug-likeness (QED) is 0.886. The second kappa shape index (κ2) is 6.94. The smallest absolute Gasteiger partial charge is 0.0968 e. The number of hydrogen-bond donors (Lipinski definition) is 1. The molecule has 0 amide bonds. The van der Waals surface area contributed by atoms with Crippen molar-refractivity contribution >= 4 is 23.2 Å². The molecular weight excluding hydrogens is 281 g/mol. The molecule has 2 rings (SSSR count). The SMILES string of the molecule is CCC(CC)C1CNCC(c2cc(Cl)ccc2Cl)O1. The topological polar surface area (TPSA) is 21.3 Å². The van der Waals surface area contributed by atoms with Crippen LogP contribution in [0.25, 0.3) is 0 Å². The molecule has 2 nitrogen and oxygen atoms in total. The summed E-state index contributed by atoms with van der Waals surface area (Å²) in [5.74, 6) is 0.591. The number of rotatable bonds is 4. The van der Waals surface area contributed by atoms with Crippen LogP contribution < -0.4 is 5.32 Å². The van der Waals surface area contributed by atoms with Crippen molar-refractivity contribution < 1.29 is 4.74 Å². The van der Waals surface area contributed by atoms with Crippen molar-refractivity contribution in [3.05, 3.63) is 33.8 Å². The number of ether oxygens (including phenoxy) is 1. The Labute approximate surface area is 125 Å². The van der Waals surface area contributed by atoms with Crippen LogP contribution in [0.5, 0.6) is 0 Å². The third-order valence-corrected chi connectivity index (χ3v) is 4.47. The van der Waals surface area contributed by atoms with Crippen LogP contribution in [0.1, 0.15) is 38.4 Å². The van der Waals surface area contributed by atoms with Crippen LogP contribution in [-0.4, -0.2) is 19.2 Å². The standard InChI is InChI=1S/C15H21Cl2NO/c1-3-10(4-2)14-8-18-9-15(19-14)12-7-11(16)5-6-13(12)17/h5-7,10,14-15,18H,3-4,8-9H2,1-2H3. The first-order chi connectivity index (χ1) is 9.15. The molecule has 19 heavy (non-hydrogen) atoms. The van der Waals surface area contributed by atoms with Gasteiger partial charge in [-0.2, -0.15) is 0 Å². The van der Waals surface area contributed by atoms with Gasteiger partial charge in [0.05, 0.1) is 12.2 Å². The molecule has 2 atom stereocenters. The summed E-state index contributed by atoms with van der Waals surface area (Å²) in [7, 11) is 0. The zero-order chi connectivity index (χ0) is 13.8. The van der Waals surface area contributed by atoms with Gasteiger partial charge in [0.1, 0.15) is 0 Å². The highest BCUT2D eigenvalue weighted by atomic mass is 35.5. The van der Waals surface area contributed by atoms with Crippen LogP contribution in [-0.2, 0) is 4.74 Å². The summed E-state index contributed by atoms with van der Waals surface area (Å²) in [6, 6.07) is 5.55. The van der Waals surface area contributed by atoms with Gasteiger partial charge >= 0.3 is 0 Å². The molecule has 0 spiro atoms. The van der Waals surface area contributed by atoms with Gasteiger partial charge in [0.15, 0.2) is 0 Å². The summed E-state index contributed by atoms with van der Waals surface area (Å²) in [5, 5.41) is 4.88. The molecule has 0 bridgehead atoms. The molecule has 0 saturated carbocycles. The largest absolute Gasteiger partial charge is 0.367 e. The summed E-state index contributed by atoms with van der Waals surface area (Å²) in [6.07, 6.45) is 2.52. The first kappa shape index (κ1) is 15.1. The molecule has 0 aliphatic carbocycles. The number of morpholine rings is 1. The lowest BCUT2D eigenvalue weighted by Gasteiger charge is -2.35. The molecule has 1 aliphatic heterocycles. The molecular formula is C15H21Cl2NO. The molecule has 2 unspecified atom stereocenters. The van der Waals surface area contributed by atoms with E-state index in [0.29, 0.717) is 10.9 Å². The molecule has 0 radical (unpaired) electrons. The number of nitrogens with one attached hydrogen (secondary N) is 1. The van der Waals surface area contributed by atoms with Gasteiger partial charge in [-0.05, 0) is 24.1 Å². The minimum atomic E-state index is -0.00875. The lowest BCUT2D eigenvalue weighted by Crippen LogP contribution is -2.44. The maximum Gasteiger partial charge on any atom is 0.0968 e. The van der Waals surface area contributed by atoms with Crippen LogP contribution >= 0.6 is 23.2 Å². The molecule has 1 fully saturated rings. The molecule has 1 aromatic carbocycles. The first-order valence-electron chi connectivity index (χ1n) is 6.96. The van der Waals surface area contributed by atoms with Crippen molar-refractivity contribution in [3.63, 3.8) is 0 Å². The van der Waals surface area contributed by atoms with Crippen LogP contribution in [0.15, 0.2) is 18.2 Å². The molecule has 1 saturated heterocycles. The van der Waals surface area contributed by atoms with E-state index < -0.39 is 0 Å². The van der Waals surface area contributed by atoms with Gasteiger partial charge in [0.2, 0.25) is 0 Å². The van der Waals surface area contributed by atoms with Crippen LogP contribution in [0.4, 0.5) is 0 Å². The average Bonchev–Trinajstić information content (AvgIpc) is 2.43.